The van der Waals surface area contributed by atoms with Crippen molar-refractivity contribution in [3.8, 4) is 0 Å². The highest BCUT2D eigenvalue weighted by Gasteiger charge is 2.41. The van der Waals surface area contributed by atoms with Crippen LogP contribution in [0, 0.1) is 11.8 Å². The highest BCUT2D eigenvalue weighted by molar-refractivity contribution is 7.80. The molecule has 3 N–H and O–H groups in total. The van der Waals surface area contributed by atoms with E-state index < -0.39 is 0 Å². The van der Waals surface area contributed by atoms with Gasteiger partial charge in [0, 0.05) is 11.4 Å². The molecule has 0 saturated heterocycles. The Balaban J connectivity index is 1.74. The molecule has 2 aromatic rings. The lowest BCUT2D eigenvalue weighted by Gasteiger charge is -2.20. The van der Waals surface area contributed by atoms with Gasteiger partial charge >= 0.3 is 0 Å². The molecule has 108 valence electrons. The Kier molecular flexibility index (Phi) is 3.07. The molecular formula is C17H19N3S. The van der Waals surface area contributed by atoms with Gasteiger partial charge in [-0.3, -0.25) is 0 Å². The maximum absolute atomic E-state index is 5.92. The molecule has 0 atom stereocenters. The van der Waals surface area contributed by atoms with Crippen molar-refractivity contribution in [3.05, 3.63) is 35.9 Å². The number of fused-ring (bicyclic) bond motifs is 1. The number of nitrogens with one attached hydrogen (secondary N) is 1. The third-order valence-electron chi connectivity index (χ3n) is 4.55. The third kappa shape index (κ3) is 2.60. The summed E-state index contributed by atoms with van der Waals surface area (Å²) in [5.74, 6) is 2.49. The number of nitrogens with zero attached hydrogens (tertiary/aromatic N) is 1. The predicted molar refractivity (Wildman–Crippen MR) is 90.5 cm³/mol. The summed E-state index contributed by atoms with van der Waals surface area (Å²) in [5.41, 5.74) is 7.78. The number of para-hydroxylation sites is 1. The third-order valence-corrected chi connectivity index (χ3v) is 4.77. The van der Waals surface area contributed by atoms with Gasteiger partial charge in [0.2, 0.25) is 0 Å². The smallest absolute Gasteiger partial charge is 0.137 e. The summed E-state index contributed by atoms with van der Waals surface area (Å²) in [6.07, 6.45) is 5.35. The van der Waals surface area contributed by atoms with Crippen LogP contribution < -0.4 is 11.1 Å². The molecule has 0 radical (unpaired) electrons. The van der Waals surface area contributed by atoms with Gasteiger partial charge in [-0.2, -0.15) is 0 Å². The molecule has 4 rings (SSSR count). The minimum Gasteiger partial charge on any atom is -0.389 e. The van der Waals surface area contributed by atoms with E-state index in [1.807, 2.05) is 24.3 Å². The van der Waals surface area contributed by atoms with Crippen molar-refractivity contribution in [2.24, 2.45) is 17.6 Å². The van der Waals surface area contributed by atoms with Gasteiger partial charge in [0.15, 0.2) is 0 Å². The molecule has 21 heavy (non-hydrogen) atoms. The second kappa shape index (κ2) is 4.95. The van der Waals surface area contributed by atoms with Crippen molar-refractivity contribution in [1.82, 2.24) is 4.98 Å². The van der Waals surface area contributed by atoms with E-state index in [4.69, 9.17) is 22.9 Å². The normalized spacial score (nSPS) is 18.1. The van der Waals surface area contributed by atoms with E-state index in [1.165, 1.54) is 25.7 Å². The number of rotatable bonds is 5. The molecule has 1 aromatic heterocycles. The van der Waals surface area contributed by atoms with Crippen LogP contribution in [-0.2, 0) is 0 Å². The molecule has 3 nitrogen and oxygen atoms in total. The molecule has 4 heteroatoms. The van der Waals surface area contributed by atoms with Crippen molar-refractivity contribution >= 4 is 33.9 Å². The molecule has 2 fully saturated rings. The maximum atomic E-state index is 5.92. The zero-order valence-electron chi connectivity index (χ0n) is 11.9. The summed E-state index contributed by atoms with van der Waals surface area (Å²) in [5, 5.41) is 4.75. The predicted octanol–water partition coefficient (Wildman–Crippen LogP) is 3.47. The first kappa shape index (κ1) is 13.0. The molecule has 0 aliphatic heterocycles. The first-order valence-corrected chi connectivity index (χ1v) is 8.09. The van der Waals surface area contributed by atoms with E-state index in [-0.39, 0.29) is 0 Å². The van der Waals surface area contributed by atoms with Gasteiger partial charge in [-0.1, -0.05) is 30.4 Å². The largest absolute Gasteiger partial charge is 0.389 e. The topological polar surface area (TPSA) is 50.9 Å². The highest BCUT2D eigenvalue weighted by Crippen LogP contribution is 2.46. The number of pyridine rings is 1. The number of thiocarbonyl (C=S) groups is 1. The zero-order valence-corrected chi connectivity index (χ0v) is 12.7. The summed E-state index contributed by atoms with van der Waals surface area (Å²) in [6.45, 7) is 0. The van der Waals surface area contributed by atoms with Crippen molar-refractivity contribution in [2.45, 2.75) is 31.7 Å². The van der Waals surface area contributed by atoms with Crippen molar-refractivity contribution in [1.29, 1.82) is 0 Å². The number of anilines is 1. The lowest BCUT2D eigenvalue weighted by molar-refractivity contribution is 0.566. The summed E-state index contributed by atoms with van der Waals surface area (Å²) < 4.78 is 0. The first-order valence-electron chi connectivity index (χ1n) is 7.68. The molecule has 2 aliphatic carbocycles. The van der Waals surface area contributed by atoms with E-state index in [0.717, 1.165) is 34.1 Å². The van der Waals surface area contributed by atoms with Crippen LogP contribution in [0.4, 0.5) is 5.82 Å². The second-order valence-corrected chi connectivity index (χ2v) is 6.73. The van der Waals surface area contributed by atoms with Gasteiger partial charge in [0.1, 0.15) is 10.8 Å². The summed E-state index contributed by atoms with van der Waals surface area (Å²) in [6, 6.07) is 10.7. The Hall–Kier alpha value is -1.68. The van der Waals surface area contributed by atoms with E-state index in [0.29, 0.717) is 11.0 Å². The first-order chi connectivity index (χ1) is 10.2. The molecule has 0 amide bonds. The Morgan fingerprint density at radius 2 is 1.86 bits per heavy atom. The van der Waals surface area contributed by atoms with E-state index >= 15 is 0 Å². The fraction of sp³-hybridized carbons (Fsp3) is 0.412. The van der Waals surface area contributed by atoms with Crippen LogP contribution in [0.1, 0.15) is 31.2 Å². The fourth-order valence-corrected chi connectivity index (χ4v) is 3.26. The molecule has 2 saturated carbocycles. The summed E-state index contributed by atoms with van der Waals surface area (Å²) in [7, 11) is 0. The maximum Gasteiger partial charge on any atom is 0.137 e. The monoisotopic (exact) mass is 297 g/mol. The Bertz CT molecular complexity index is 692. The van der Waals surface area contributed by atoms with Crippen molar-refractivity contribution in [2.75, 3.05) is 5.32 Å². The van der Waals surface area contributed by atoms with Gasteiger partial charge < -0.3 is 11.1 Å². The van der Waals surface area contributed by atoms with Gasteiger partial charge in [-0.05, 0) is 49.7 Å². The van der Waals surface area contributed by atoms with Crippen LogP contribution in [0.5, 0.6) is 0 Å². The molecule has 1 aromatic carbocycles. The summed E-state index contributed by atoms with van der Waals surface area (Å²) in [4.78, 5) is 5.20. The average Bonchev–Trinajstić information content (AvgIpc) is 3.37. The lowest BCUT2D eigenvalue weighted by atomic mass is 10.1. The van der Waals surface area contributed by atoms with Gasteiger partial charge in [-0.15, -0.1) is 0 Å². The Labute approximate surface area is 129 Å². The van der Waals surface area contributed by atoms with Crippen LogP contribution in [0.25, 0.3) is 10.9 Å². The van der Waals surface area contributed by atoms with Gasteiger partial charge in [-0.25, -0.2) is 4.98 Å². The minimum atomic E-state index is 0.418. The molecular weight excluding hydrogens is 278 g/mol. The van der Waals surface area contributed by atoms with Crippen LogP contribution in [0.3, 0.4) is 0 Å². The van der Waals surface area contributed by atoms with Gasteiger partial charge in [0.25, 0.3) is 0 Å². The SMILES string of the molecule is NC(=S)c1cc2ccccc2nc1NC(C1CC1)C1CC1. The van der Waals surface area contributed by atoms with Crippen LogP contribution in [-0.4, -0.2) is 16.0 Å². The zero-order chi connectivity index (χ0) is 14.4. The van der Waals surface area contributed by atoms with Crippen molar-refractivity contribution in [3.63, 3.8) is 0 Å². The van der Waals surface area contributed by atoms with E-state index in [9.17, 15) is 0 Å². The number of hydrogen-bond donors (Lipinski definition) is 2. The average molecular weight is 297 g/mol. The number of aromatic nitrogens is 1. The molecule has 0 spiro atoms. The lowest BCUT2D eigenvalue weighted by Crippen LogP contribution is -2.27. The van der Waals surface area contributed by atoms with Crippen LogP contribution in [0.15, 0.2) is 30.3 Å². The molecule has 2 aliphatic rings. The number of hydrogen-bond acceptors (Lipinski definition) is 3. The molecule has 1 heterocycles. The minimum absolute atomic E-state index is 0.418. The molecule has 0 bridgehead atoms. The second-order valence-electron chi connectivity index (χ2n) is 6.29. The Morgan fingerprint density at radius 1 is 1.19 bits per heavy atom. The Morgan fingerprint density at radius 3 is 2.48 bits per heavy atom. The quantitative estimate of drug-likeness (QED) is 0.830. The van der Waals surface area contributed by atoms with E-state index in [1.54, 1.807) is 0 Å². The summed E-state index contributed by atoms with van der Waals surface area (Å²) >= 11 is 5.23. The van der Waals surface area contributed by atoms with E-state index in [2.05, 4.69) is 11.4 Å². The number of benzene rings is 1. The fourth-order valence-electron chi connectivity index (χ4n) is 3.10. The van der Waals surface area contributed by atoms with Crippen molar-refractivity contribution < 1.29 is 0 Å². The van der Waals surface area contributed by atoms with Gasteiger partial charge in [0.05, 0.1) is 11.1 Å². The highest BCUT2D eigenvalue weighted by atomic mass is 32.1. The number of nitrogens with two attached hydrogens (primary N) is 1. The standard InChI is InChI=1S/C17H19N3S/c18-16(21)13-9-12-3-1-2-4-14(12)19-17(13)20-15(10-5-6-10)11-7-8-11/h1-4,9-11,15H,5-8H2,(H2,18,21)(H,19,20). The molecule has 0 unspecified atom stereocenters. The van der Waals surface area contributed by atoms with Crippen LogP contribution in [0.2, 0.25) is 0 Å². The van der Waals surface area contributed by atoms with Crippen LogP contribution >= 0.6 is 12.2 Å².